The van der Waals surface area contributed by atoms with Crippen LogP contribution in [0.4, 0.5) is 5.69 Å². The molecule has 1 unspecified atom stereocenters. The topological polar surface area (TPSA) is 96.9 Å². The van der Waals surface area contributed by atoms with Crippen LogP contribution in [0, 0.1) is 0 Å². The molecule has 7 nitrogen and oxygen atoms in total. The number of hydrogen-bond acceptors (Lipinski definition) is 5. The maximum absolute atomic E-state index is 11.8. The van der Waals surface area contributed by atoms with Gasteiger partial charge in [0.25, 0.3) is 0 Å². The molecule has 1 atom stereocenters. The van der Waals surface area contributed by atoms with E-state index in [9.17, 15) is 14.7 Å². The number of hydrogen-bond donors (Lipinski definition) is 3. The maximum Gasteiger partial charge on any atom is 0.337 e. The van der Waals surface area contributed by atoms with Crippen LogP contribution in [-0.4, -0.2) is 44.3 Å². The van der Waals surface area contributed by atoms with E-state index >= 15 is 0 Å². The number of carboxylic acid groups (broad SMARTS) is 1. The summed E-state index contributed by atoms with van der Waals surface area (Å²) in [6.45, 7) is 1.66. The van der Waals surface area contributed by atoms with E-state index in [4.69, 9.17) is 9.47 Å². The van der Waals surface area contributed by atoms with Crippen LogP contribution in [0.5, 0.6) is 11.5 Å². The van der Waals surface area contributed by atoms with Crippen LogP contribution in [0.3, 0.4) is 0 Å². The summed E-state index contributed by atoms with van der Waals surface area (Å²) < 4.78 is 10.1. The first-order valence-corrected chi connectivity index (χ1v) is 5.92. The van der Waals surface area contributed by atoms with Crippen LogP contribution in [0.25, 0.3) is 0 Å². The molecule has 1 amide bonds. The molecule has 0 saturated carbocycles. The van der Waals surface area contributed by atoms with Crippen LogP contribution in [0.2, 0.25) is 0 Å². The zero-order chi connectivity index (χ0) is 15.3. The second-order valence-electron chi connectivity index (χ2n) is 4.06. The molecule has 1 rings (SSSR count). The predicted octanol–water partition coefficient (Wildman–Crippen LogP) is 0.948. The number of benzene rings is 1. The Morgan fingerprint density at radius 3 is 2.20 bits per heavy atom. The van der Waals surface area contributed by atoms with Crippen LogP contribution in [-0.2, 0) is 4.79 Å². The number of anilines is 1. The quantitative estimate of drug-likeness (QED) is 0.718. The minimum atomic E-state index is -1.17. The number of nitrogens with one attached hydrogen (secondary N) is 2. The van der Waals surface area contributed by atoms with Crippen molar-refractivity contribution in [1.29, 1.82) is 0 Å². The fraction of sp³-hybridized carbons (Fsp3) is 0.385. The number of amides is 1. The van der Waals surface area contributed by atoms with Gasteiger partial charge in [-0.05, 0) is 14.0 Å². The van der Waals surface area contributed by atoms with Gasteiger partial charge < -0.3 is 25.2 Å². The second-order valence-corrected chi connectivity index (χ2v) is 4.06. The molecule has 0 radical (unpaired) electrons. The summed E-state index contributed by atoms with van der Waals surface area (Å²) in [5.74, 6) is -0.893. The lowest BCUT2D eigenvalue weighted by Gasteiger charge is -2.15. The normalized spacial score (nSPS) is 11.6. The second kappa shape index (κ2) is 6.76. The summed E-state index contributed by atoms with van der Waals surface area (Å²) in [7, 11) is 4.47. The molecule has 0 spiro atoms. The van der Waals surface area contributed by atoms with E-state index in [0.29, 0.717) is 5.75 Å². The van der Waals surface area contributed by atoms with Gasteiger partial charge in [-0.3, -0.25) is 4.79 Å². The first-order chi connectivity index (χ1) is 9.44. The minimum absolute atomic E-state index is 0.0701. The van der Waals surface area contributed by atoms with Crippen molar-refractivity contribution in [2.45, 2.75) is 13.0 Å². The Hall–Kier alpha value is -2.28. The van der Waals surface area contributed by atoms with Crippen molar-refractivity contribution in [3.8, 4) is 11.5 Å². The highest BCUT2D eigenvalue weighted by Crippen LogP contribution is 2.33. The van der Waals surface area contributed by atoms with Gasteiger partial charge in [0.1, 0.15) is 0 Å². The van der Waals surface area contributed by atoms with Gasteiger partial charge in [0, 0.05) is 12.1 Å². The highest BCUT2D eigenvalue weighted by molar-refractivity contribution is 6.02. The third-order valence-electron chi connectivity index (χ3n) is 2.84. The van der Waals surface area contributed by atoms with E-state index in [0.717, 1.165) is 0 Å². The lowest BCUT2D eigenvalue weighted by molar-refractivity contribution is -0.117. The third kappa shape index (κ3) is 3.39. The van der Waals surface area contributed by atoms with Crippen molar-refractivity contribution in [3.05, 3.63) is 17.7 Å². The number of ether oxygens (including phenoxy) is 2. The highest BCUT2D eigenvalue weighted by Gasteiger charge is 2.19. The largest absolute Gasteiger partial charge is 0.493 e. The Labute approximate surface area is 116 Å². The number of carboxylic acids is 1. The molecule has 0 heterocycles. The Bertz CT molecular complexity index is 516. The summed E-state index contributed by atoms with van der Waals surface area (Å²) >= 11 is 0. The van der Waals surface area contributed by atoms with E-state index in [-0.39, 0.29) is 22.9 Å². The molecule has 1 aromatic rings. The summed E-state index contributed by atoms with van der Waals surface area (Å²) in [6, 6.07) is 2.27. The average Bonchev–Trinajstić information content (AvgIpc) is 2.45. The monoisotopic (exact) mass is 282 g/mol. The van der Waals surface area contributed by atoms with E-state index in [2.05, 4.69) is 10.6 Å². The number of rotatable bonds is 6. The molecule has 0 aliphatic heterocycles. The van der Waals surface area contributed by atoms with Gasteiger partial charge in [0.15, 0.2) is 11.5 Å². The Morgan fingerprint density at radius 2 is 1.75 bits per heavy atom. The van der Waals surface area contributed by atoms with Gasteiger partial charge in [0.2, 0.25) is 5.91 Å². The van der Waals surface area contributed by atoms with Crippen LogP contribution < -0.4 is 20.1 Å². The predicted molar refractivity (Wildman–Crippen MR) is 73.7 cm³/mol. The Morgan fingerprint density at radius 1 is 1.20 bits per heavy atom. The van der Waals surface area contributed by atoms with Crippen molar-refractivity contribution >= 4 is 17.6 Å². The number of methoxy groups -OCH3 is 2. The van der Waals surface area contributed by atoms with Crippen LogP contribution in [0.15, 0.2) is 12.1 Å². The van der Waals surface area contributed by atoms with E-state index < -0.39 is 12.0 Å². The molecule has 0 aromatic heterocycles. The zero-order valence-electron chi connectivity index (χ0n) is 11.8. The Balaban J connectivity index is 3.22. The van der Waals surface area contributed by atoms with Gasteiger partial charge in [-0.15, -0.1) is 0 Å². The number of aromatic carboxylic acids is 1. The number of carbonyl (C=O) groups excluding carboxylic acids is 1. The van der Waals surface area contributed by atoms with Gasteiger partial charge >= 0.3 is 5.97 Å². The number of carbonyl (C=O) groups is 2. The summed E-state index contributed by atoms with van der Waals surface area (Å²) in [5, 5.41) is 14.5. The van der Waals surface area contributed by atoms with E-state index in [1.54, 1.807) is 14.0 Å². The third-order valence-corrected chi connectivity index (χ3v) is 2.84. The molecule has 0 bridgehead atoms. The van der Waals surface area contributed by atoms with Gasteiger partial charge in [-0.1, -0.05) is 0 Å². The van der Waals surface area contributed by atoms with Crippen LogP contribution >= 0.6 is 0 Å². The summed E-state index contributed by atoms with van der Waals surface area (Å²) in [5.41, 5.74) is 0.0848. The molecule has 0 fully saturated rings. The molecule has 20 heavy (non-hydrogen) atoms. The van der Waals surface area contributed by atoms with Crippen molar-refractivity contribution in [2.24, 2.45) is 0 Å². The van der Waals surface area contributed by atoms with Crippen molar-refractivity contribution in [2.75, 3.05) is 26.6 Å². The lowest BCUT2D eigenvalue weighted by Crippen LogP contribution is -2.35. The fourth-order valence-electron chi connectivity index (χ4n) is 1.53. The van der Waals surface area contributed by atoms with Crippen molar-refractivity contribution in [3.63, 3.8) is 0 Å². The van der Waals surface area contributed by atoms with E-state index in [1.165, 1.54) is 26.4 Å². The van der Waals surface area contributed by atoms with Gasteiger partial charge in [-0.2, -0.15) is 0 Å². The van der Waals surface area contributed by atoms with Gasteiger partial charge in [-0.25, -0.2) is 4.79 Å². The molecular weight excluding hydrogens is 264 g/mol. The van der Waals surface area contributed by atoms with Crippen LogP contribution in [0.1, 0.15) is 17.3 Å². The van der Waals surface area contributed by atoms with Gasteiger partial charge in [0.05, 0.1) is 31.5 Å². The fourth-order valence-corrected chi connectivity index (χ4v) is 1.53. The first kappa shape index (κ1) is 15.8. The van der Waals surface area contributed by atoms with E-state index in [1.807, 2.05) is 0 Å². The number of likely N-dealkylation sites (N-methyl/N-ethyl adjacent to an activating group) is 1. The summed E-state index contributed by atoms with van der Waals surface area (Å²) in [4.78, 5) is 23.1. The lowest BCUT2D eigenvalue weighted by atomic mass is 10.1. The minimum Gasteiger partial charge on any atom is -0.493 e. The molecule has 0 aliphatic carbocycles. The molecule has 0 saturated heterocycles. The maximum atomic E-state index is 11.8. The molecular formula is C13H18N2O5. The highest BCUT2D eigenvalue weighted by atomic mass is 16.5. The first-order valence-electron chi connectivity index (χ1n) is 5.92. The average molecular weight is 282 g/mol. The smallest absolute Gasteiger partial charge is 0.337 e. The standard InChI is InChI=1S/C13H18N2O5/c1-7(14-2)12(16)15-9-6-11(20-4)10(19-3)5-8(9)13(17)18/h5-7,14H,1-4H3,(H,15,16)(H,17,18). The SMILES string of the molecule is CNC(C)C(=O)Nc1cc(OC)c(OC)cc1C(=O)O. The Kier molecular flexibility index (Phi) is 5.33. The molecule has 3 N–H and O–H groups in total. The van der Waals surface area contributed by atoms with Crippen molar-refractivity contribution in [1.82, 2.24) is 5.32 Å². The zero-order valence-corrected chi connectivity index (χ0v) is 11.8. The molecule has 7 heteroatoms. The molecule has 110 valence electrons. The molecule has 0 aliphatic rings. The van der Waals surface area contributed by atoms with Crippen molar-refractivity contribution < 1.29 is 24.2 Å². The summed E-state index contributed by atoms with van der Waals surface area (Å²) in [6.07, 6.45) is 0. The molecule has 1 aromatic carbocycles.